The van der Waals surface area contributed by atoms with Crippen molar-refractivity contribution in [1.29, 1.82) is 0 Å². The molecule has 2 aliphatic rings. The zero-order chi connectivity index (χ0) is 26.9. The average molecular weight is 524 g/mol. The average Bonchev–Trinajstić information content (AvgIpc) is 3.52. The largest absolute Gasteiger partial charge is 0.491 e. The van der Waals surface area contributed by atoms with Crippen molar-refractivity contribution in [2.45, 2.75) is 76.7 Å². The van der Waals surface area contributed by atoms with Crippen LogP contribution in [0.3, 0.4) is 0 Å². The van der Waals surface area contributed by atoms with Crippen LogP contribution in [0.2, 0.25) is 0 Å². The predicted octanol–water partition coefficient (Wildman–Crippen LogP) is 5.22. The first-order valence-corrected chi connectivity index (χ1v) is 13.6. The number of aromatic nitrogens is 1. The van der Waals surface area contributed by atoms with E-state index >= 15 is 0 Å². The molecule has 38 heavy (non-hydrogen) atoms. The van der Waals surface area contributed by atoms with Gasteiger partial charge in [0.05, 0.1) is 17.3 Å². The highest BCUT2D eigenvalue weighted by Crippen LogP contribution is 2.30. The van der Waals surface area contributed by atoms with Crippen LogP contribution in [0.15, 0.2) is 36.4 Å². The fourth-order valence-corrected chi connectivity index (χ4v) is 5.53. The number of fused-ring (bicyclic) bond motifs is 1. The highest BCUT2D eigenvalue weighted by molar-refractivity contribution is 6.06. The number of nitrogens with one attached hydrogen (secondary N) is 2. The molecule has 0 bridgehead atoms. The summed E-state index contributed by atoms with van der Waals surface area (Å²) in [6.07, 6.45) is 5.55. The maximum Gasteiger partial charge on any atom is 0.258 e. The summed E-state index contributed by atoms with van der Waals surface area (Å²) in [5.74, 6) is -0.735. The number of amides is 1. The number of ether oxygens (including phenoxy) is 2. The van der Waals surface area contributed by atoms with Crippen LogP contribution in [0.25, 0.3) is 10.9 Å². The normalized spacial score (nSPS) is 23.6. The van der Waals surface area contributed by atoms with Gasteiger partial charge in [0.2, 0.25) is 0 Å². The summed E-state index contributed by atoms with van der Waals surface area (Å²) in [7, 11) is 2.04. The highest BCUT2D eigenvalue weighted by Gasteiger charge is 2.28. The summed E-state index contributed by atoms with van der Waals surface area (Å²) < 4.78 is 28.2. The molecule has 3 N–H and O–H groups in total. The Bertz CT molecular complexity index is 1300. The van der Waals surface area contributed by atoms with Crippen LogP contribution in [0, 0.1) is 12.7 Å². The van der Waals surface area contributed by atoms with Crippen molar-refractivity contribution >= 4 is 22.5 Å². The lowest BCUT2D eigenvalue weighted by atomic mass is 9.83. The van der Waals surface area contributed by atoms with E-state index in [2.05, 4.69) is 21.3 Å². The van der Waals surface area contributed by atoms with E-state index in [0.717, 1.165) is 73.8 Å². The van der Waals surface area contributed by atoms with E-state index in [1.165, 1.54) is 12.1 Å². The molecule has 0 radical (unpaired) electrons. The van der Waals surface area contributed by atoms with Crippen LogP contribution >= 0.6 is 0 Å². The van der Waals surface area contributed by atoms with Crippen LogP contribution in [0.5, 0.6) is 5.75 Å². The van der Waals surface area contributed by atoms with Crippen molar-refractivity contribution in [3.8, 4) is 5.75 Å². The van der Waals surface area contributed by atoms with Gasteiger partial charge in [-0.2, -0.15) is 0 Å². The Balaban J connectivity index is 1.24. The zero-order valence-corrected chi connectivity index (χ0v) is 22.5. The molecule has 204 valence electrons. The molecule has 1 amide bonds. The molecule has 5 rings (SSSR count). The van der Waals surface area contributed by atoms with Gasteiger partial charge in [-0.15, -0.1) is 0 Å². The number of rotatable bonds is 8. The second kappa shape index (κ2) is 11.0. The van der Waals surface area contributed by atoms with E-state index in [4.69, 9.17) is 9.47 Å². The molecule has 7 nitrogen and oxygen atoms in total. The number of carbonyl (C=O) groups excluding carboxylic acids is 1. The number of hydrogen-bond acceptors (Lipinski definition) is 5. The SMILES string of the molecule is Cc1c(NC(=O)c2ccc(OC[C@@H]3CCCO3)cc2F)ccc2c1cc(CN[C@H]1CC[C@](C)(O)CC1)n2C. The minimum Gasteiger partial charge on any atom is -0.491 e. The molecular weight excluding hydrogens is 485 g/mol. The molecule has 1 saturated heterocycles. The van der Waals surface area contributed by atoms with Gasteiger partial charge < -0.3 is 29.8 Å². The maximum absolute atomic E-state index is 14.8. The number of nitrogens with zero attached hydrogens (tertiary/aromatic N) is 1. The molecule has 1 aliphatic carbocycles. The van der Waals surface area contributed by atoms with Gasteiger partial charge in [0.25, 0.3) is 5.91 Å². The molecular formula is C30H38FN3O4. The number of halogens is 1. The van der Waals surface area contributed by atoms with E-state index in [1.54, 1.807) is 6.07 Å². The standard InChI is InChI=1S/C30H38FN3O4/c1-19-25-15-21(17-32-20-10-12-30(2,36)13-11-20)34(3)28(25)9-8-27(19)33-29(35)24-7-6-22(16-26(24)31)38-18-23-5-4-14-37-23/h6-9,15-16,20,23,32,36H,4-5,10-14,17-18H2,1-3H3,(H,33,35)/t20-,23-,30-/m0/s1. The lowest BCUT2D eigenvalue weighted by molar-refractivity contribution is 0.0139. The number of carbonyl (C=O) groups is 1. The van der Waals surface area contributed by atoms with Crippen LogP contribution in [-0.2, 0) is 18.3 Å². The van der Waals surface area contributed by atoms with E-state index in [-0.39, 0.29) is 11.7 Å². The van der Waals surface area contributed by atoms with Gasteiger partial charge in [-0.05, 0) is 88.3 Å². The van der Waals surface area contributed by atoms with E-state index in [0.29, 0.717) is 24.1 Å². The number of anilines is 1. The van der Waals surface area contributed by atoms with Gasteiger partial charge in [-0.25, -0.2) is 4.39 Å². The Morgan fingerprint density at radius 3 is 2.71 bits per heavy atom. The fraction of sp³-hybridized carbons (Fsp3) is 0.500. The third-order valence-corrected chi connectivity index (χ3v) is 8.12. The monoisotopic (exact) mass is 523 g/mol. The van der Waals surface area contributed by atoms with E-state index < -0.39 is 17.3 Å². The fourth-order valence-electron chi connectivity index (χ4n) is 5.53. The number of benzene rings is 2. The lowest BCUT2D eigenvalue weighted by Crippen LogP contribution is -2.39. The third-order valence-electron chi connectivity index (χ3n) is 8.12. The van der Waals surface area contributed by atoms with Crippen molar-refractivity contribution in [2.24, 2.45) is 7.05 Å². The summed E-state index contributed by atoms with van der Waals surface area (Å²) in [4.78, 5) is 13.0. The highest BCUT2D eigenvalue weighted by atomic mass is 19.1. The van der Waals surface area contributed by atoms with Crippen LogP contribution in [0.1, 0.15) is 67.1 Å². The molecule has 2 aromatic carbocycles. The minimum atomic E-state index is -0.622. The number of aliphatic hydroxyl groups is 1. The maximum atomic E-state index is 14.8. The molecule has 1 aromatic heterocycles. The first kappa shape index (κ1) is 26.7. The lowest BCUT2D eigenvalue weighted by Gasteiger charge is -2.33. The van der Waals surface area contributed by atoms with Crippen molar-refractivity contribution in [1.82, 2.24) is 9.88 Å². The third kappa shape index (κ3) is 5.87. The van der Waals surface area contributed by atoms with Crippen molar-refractivity contribution in [3.05, 3.63) is 59.0 Å². The van der Waals surface area contributed by atoms with Gasteiger partial charge >= 0.3 is 0 Å². The van der Waals surface area contributed by atoms with Crippen molar-refractivity contribution < 1.29 is 23.8 Å². The van der Waals surface area contributed by atoms with Crippen LogP contribution in [0.4, 0.5) is 10.1 Å². The Kier molecular flexibility index (Phi) is 7.75. The first-order chi connectivity index (χ1) is 18.2. The molecule has 2 heterocycles. The summed E-state index contributed by atoms with van der Waals surface area (Å²) in [6.45, 7) is 5.72. The second-order valence-electron chi connectivity index (χ2n) is 11.1. The van der Waals surface area contributed by atoms with E-state index in [1.807, 2.05) is 33.0 Å². The topological polar surface area (TPSA) is 84.8 Å². The Morgan fingerprint density at radius 1 is 1.21 bits per heavy atom. The van der Waals surface area contributed by atoms with Crippen molar-refractivity contribution in [2.75, 3.05) is 18.5 Å². The zero-order valence-electron chi connectivity index (χ0n) is 22.5. The quantitative estimate of drug-likeness (QED) is 0.377. The van der Waals surface area contributed by atoms with Crippen molar-refractivity contribution in [3.63, 3.8) is 0 Å². The molecule has 3 aromatic rings. The van der Waals surface area contributed by atoms with Gasteiger partial charge in [0.1, 0.15) is 18.2 Å². The summed E-state index contributed by atoms with van der Waals surface area (Å²) in [5, 5.41) is 17.8. The minimum absolute atomic E-state index is 0.0293. The Hall–Kier alpha value is -2.94. The Labute approximate surface area is 223 Å². The van der Waals surface area contributed by atoms with E-state index in [9.17, 15) is 14.3 Å². The van der Waals surface area contributed by atoms with Gasteiger partial charge in [0, 0.05) is 54.6 Å². The molecule has 0 unspecified atom stereocenters. The smallest absolute Gasteiger partial charge is 0.258 e. The predicted molar refractivity (Wildman–Crippen MR) is 146 cm³/mol. The Morgan fingerprint density at radius 2 is 2.00 bits per heavy atom. The molecule has 1 atom stereocenters. The molecule has 1 aliphatic heterocycles. The van der Waals surface area contributed by atoms with Gasteiger partial charge in [-0.3, -0.25) is 4.79 Å². The van der Waals surface area contributed by atoms with Gasteiger partial charge in [-0.1, -0.05) is 0 Å². The van der Waals surface area contributed by atoms with Gasteiger partial charge in [0.15, 0.2) is 0 Å². The first-order valence-electron chi connectivity index (χ1n) is 13.6. The molecule has 0 spiro atoms. The molecule has 8 heteroatoms. The molecule has 2 fully saturated rings. The number of hydrogen-bond donors (Lipinski definition) is 3. The number of aryl methyl sites for hydroxylation is 2. The summed E-state index contributed by atoms with van der Waals surface area (Å²) in [6, 6.07) is 10.7. The summed E-state index contributed by atoms with van der Waals surface area (Å²) >= 11 is 0. The second-order valence-corrected chi connectivity index (χ2v) is 11.1. The molecule has 1 saturated carbocycles. The van der Waals surface area contributed by atoms with Crippen LogP contribution in [-0.4, -0.2) is 46.5 Å². The van der Waals surface area contributed by atoms with Crippen LogP contribution < -0.4 is 15.4 Å². The summed E-state index contributed by atoms with van der Waals surface area (Å²) in [5.41, 5.74) is 3.23.